The molecule has 1 rings (SSSR count). The number of para-hydroxylation sites is 1. The molecule has 20 heavy (non-hydrogen) atoms. The first-order chi connectivity index (χ1) is 9.72. The maximum absolute atomic E-state index is 4.62. The summed E-state index contributed by atoms with van der Waals surface area (Å²) in [5.74, 6) is 0. The maximum Gasteiger partial charge on any atom is 0.0605 e. The molecule has 0 atom stereocenters. The van der Waals surface area contributed by atoms with Crippen molar-refractivity contribution in [1.29, 1.82) is 0 Å². The van der Waals surface area contributed by atoms with Crippen LogP contribution in [-0.4, -0.2) is 11.9 Å². The number of anilines is 1. The third-order valence-electron chi connectivity index (χ3n) is 2.65. The Morgan fingerprint density at radius 1 is 1.25 bits per heavy atom. The van der Waals surface area contributed by atoms with Gasteiger partial charge in [-0.1, -0.05) is 30.9 Å². The van der Waals surface area contributed by atoms with Crippen molar-refractivity contribution in [1.82, 2.24) is 0 Å². The van der Waals surface area contributed by atoms with Crippen molar-refractivity contribution in [3.05, 3.63) is 66.7 Å². The quantitative estimate of drug-likeness (QED) is 0.595. The SMILES string of the molecule is C=CNc1ccccc1C(C)=NC(/C=C\N=CC)=C/C. The van der Waals surface area contributed by atoms with E-state index >= 15 is 0 Å². The third kappa shape index (κ3) is 4.69. The molecule has 1 aromatic rings. The predicted octanol–water partition coefficient (Wildman–Crippen LogP) is 4.56. The summed E-state index contributed by atoms with van der Waals surface area (Å²) in [7, 11) is 0. The molecule has 1 N–H and O–H groups in total. The Balaban J connectivity index is 3.06. The minimum atomic E-state index is 0.876. The highest BCUT2D eigenvalue weighted by Gasteiger charge is 2.03. The predicted molar refractivity (Wildman–Crippen MR) is 89.5 cm³/mol. The highest BCUT2D eigenvalue weighted by atomic mass is 14.8. The van der Waals surface area contributed by atoms with Crippen molar-refractivity contribution in [3.8, 4) is 0 Å². The lowest BCUT2D eigenvalue weighted by Gasteiger charge is -2.08. The van der Waals surface area contributed by atoms with Gasteiger partial charge in [0, 0.05) is 29.4 Å². The summed E-state index contributed by atoms with van der Waals surface area (Å²) in [6.45, 7) is 9.52. The molecule has 0 saturated heterocycles. The van der Waals surface area contributed by atoms with Crippen LogP contribution in [0.3, 0.4) is 0 Å². The van der Waals surface area contributed by atoms with Crippen LogP contribution < -0.4 is 5.32 Å². The molecule has 0 spiro atoms. The van der Waals surface area contributed by atoms with Crippen LogP contribution in [0.2, 0.25) is 0 Å². The lowest BCUT2D eigenvalue weighted by Crippen LogP contribution is -2.00. The van der Waals surface area contributed by atoms with Gasteiger partial charge in [0.15, 0.2) is 0 Å². The molecular weight excluding hydrogens is 246 g/mol. The molecule has 0 amide bonds. The molecule has 0 aliphatic carbocycles. The van der Waals surface area contributed by atoms with E-state index in [4.69, 9.17) is 0 Å². The minimum Gasteiger partial charge on any atom is -0.362 e. The zero-order valence-electron chi connectivity index (χ0n) is 12.3. The van der Waals surface area contributed by atoms with E-state index < -0.39 is 0 Å². The monoisotopic (exact) mass is 267 g/mol. The lowest BCUT2D eigenvalue weighted by atomic mass is 10.1. The molecule has 0 unspecified atom stereocenters. The van der Waals surface area contributed by atoms with E-state index in [1.165, 1.54) is 0 Å². The van der Waals surface area contributed by atoms with Gasteiger partial charge >= 0.3 is 0 Å². The van der Waals surface area contributed by atoms with Gasteiger partial charge in [0.2, 0.25) is 0 Å². The number of aliphatic imine (C=N–C) groups is 2. The minimum absolute atomic E-state index is 0.876. The molecule has 1 aromatic carbocycles. The van der Waals surface area contributed by atoms with Gasteiger partial charge in [-0.2, -0.15) is 0 Å². The summed E-state index contributed by atoms with van der Waals surface area (Å²) >= 11 is 0. The van der Waals surface area contributed by atoms with E-state index in [0.717, 1.165) is 22.7 Å². The summed E-state index contributed by atoms with van der Waals surface area (Å²) in [6.07, 6.45) is 8.98. The Morgan fingerprint density at radius 2 is 2.00 bits per heavy atom. The number of allylic oxidation sites excluding steroid dienone is 2. The number of hydrogen-bond donors (Lipinski definition) is 1. The molecule has 0 saturated carbocycles. The van der Waals surface area contributed by atoms with Crippen molar-refractivity contribution in [2.75, 3.05) is 5.32 Å². The van der Waals surface area contributed by atoms with Crippen molar-refractivity contribution in [2.24, 2.45) is 9.98 Å². The largest absolute Gasteiger partial charge is 0.362 e. The average molecular weight is 267 g/mol. The van der Waals surface area contributed by atoms with Gasteiger partial charge in [0.05, 0.1) is 5.70 Å². The molecule has 0 aliphatic heterocycles. The topological polar surface area (TPSA) is 36.8 Å². The fourth-order valence-electron chi connectivity index (χ4n) is 1.69. The van der Waals surface area contributed by atoms with Crippen molar-refractivity contribution < 1.29 is 0 Å². The highest BCUT2D eigenvalue weighted by molar-refractivity contribution is 6.04. The lowest BCUT2D eigenvalue weighted by molar-refractivity contribution is 1.34. The highest BCUT2D eigenvalue weighted by Crippen LogP contribution is 2.17. The number of benzene rings is 1. The molecule has 0 bridgehead atoms. The van der Waals surface area contributed by atoms with Crippen LogP contribution >= 0.6 is 0 Å². The number of nitrogens with zero attached hydrogens (tertiary/aromatic N) is 2. The summed E-state index contributed by atoms with van der Waals surface area (Å²) in [5, 5.41) is 3.12. The molecule has 0 fully saturated rings. The molecule has 0 aromatic heterocycles. The van der Waals surface area contributed by atoms with Crippen LogP contribution in [0.4, 0.5) is 5.69 Å². The zero-order valence-corrected chi connectivity index (χ0v) is 12.3. The average Bonchev–Trinajstić information content (AvgIpc) is 2.47. The van der Waals surface area contributed by atoms with Crippen LogP contribution in [0.1, 0.15) is 26.3 Å². The normalized spacial score (nSPS) is 13.2. The van der Waals surface area contributed by atoms with Gasteiger partial charge in [-0.25, -0.2) is 0 Å². The van der Waals surface area contributed by atoms with E-state index in [2.05, 4.69) is 21.9 Å². The second-order valence-electron chi connectivity index (χ2n) is 4.03. The Hall–Kier alpha value is -2.42. The zero-order chi connectivity index (χ0) is 14.8. The fourth-order valence-corrected chi connectivity index (χ4v) is 1.69. The summed E-state index contributed by atoms with van der Waals surface area (Å²) in [6, 6.07) is 8.01. The van der Waals surface area contributed by atoms with Crippen LogP contribution in [-0.2, 0) is 0 Å². The van der Waals surface area contributed by atoms with Gasteiger partial charge < -0.3 is 5.32 Å². The van der Waals surface area contributed by atoms with E-state index in [-0.39, 0.29) is 0 Å². The van der Waals surface area contributed by atoms with Gasteiger partial charge in [-0.05, 0) is 39.1 Å². The first-order valence-corrected chi connectivity index (χ1v) is 6.55. The van der Waals surface area contributed by atoms with Gasteiger partial charge in [0.1, 0.15) is 0 Å². The van der Waals surface area contributed by atoms with Crippen LogP contribution in [0.25, 0.3) is 0 Å². The Kier molecular flexibility index (Phi) is 6.76. The van der Waals surface area contributed by atoms with Crippen molar-refractivity contribution >= 4 is 17.6 Å². The first kappa shape index (κ1) is 15.6. The maximum atomic E-state index is 4.62. The molecule has 3 heteroatoms. The molecule has 0 radical (unpaired) electrons. The fraction of sp³-hybridized carbons (Fsp3) is 0.176. The Labute approximate surface area is 121 Å². The molecule has 3 nitrogen and oxygen atoms in total. The molecule has 0 heterocycles. The van der Waals surface area contributed by atoms with E-state index in [0.29, 0.717) is 0 Å². The van der Waals surface area contributed by atoms with E-state index in [1.807, 2.05) is 57.2 Å². The number of rotatable bonds is 6. The molecular formula is C17H21N3. The van der Waals surface area contributed by atoms with E-state index in [9.17, 15) is 0 Å². The van der Waals surface area contributed by atoms with Gasteiger partial charge in [-0.3, -0.25) is 9.98 Å². The van der Waals surface area contributed by atoms with Gasteiger partial charge in [-0.15, -0.1) is 0 Å². The van der Waals surface area contributed by atoms with Gasteiger partial charge in [0.25, 0.3) is 0 Å². The summed E-state index contributed by atoms with van der Waals surface area (Å²) in [4.78, 5) is 8.67. The number of nitrogens with one attached hydrogen (secondary N) is 1. The van der Waals surface area contributed by atoms with E-state index in [1.54, 1.807) is 18.6 Å². The Morgan fingerprint density at radius 3 is 2.65 bits per heavy atom. The second kappa shape index (κ2) is 8.64. The van der Waals surface area contributed by atoms with Crippen LogP contribution in [0, 0.1) is 0 Å². The van der Waals surface area contributed by atoms with Crippen LogP contribution in [0.15, 0.2) is 71.1 Å². The molecule has 104 valence electrons. The van der Waals surface area contributed by atoms with Crippen molar-refractivity contribution in [2.45, 2.75) is 20.8 Å². The number of hydrogen-bond acceptors (Lipinski definition) is 3. The molecule has 0 aliphatic rings. The first-order valence-electron chi connectivity index (χ1n) is 6.55. The summed E-state index contributed by atoms with van der Waals surface area (Å²) < 4.78 is 0. The Bertz CT molecular complexity index is 563. The van der Waals surface area contributed by atoms with Crippen molar-refractivity contribution in [3.63, 3.8) is 0 Å². The second-order valence-corrected chi connectivity index (χ2v) is 4.03. The van der Waals surface area contributed by atoms with Crippen LogP contribution in [0.5, 0.6) is 0 Å². The third-order valence-corrected chi connectivity index (χ3v) is 2.65. The summed E-state index contributed by atoms with van der Waals surface area (Å²) in [5.41, 5.74) is 3.86. The standard InChI is InChI=1S/C17H21N3/c1-5-15(12-13-18-6-2)20-14(4)16-10-8-9-11-17(16)19-7-3/h5-13,19H,3H2,1-2,4H3/b13-12-,15-5+,18-6?,20-14?. The smallest absolute Gasteiger partial charge is 0.0605 e.